The zero-order chi connectivity index (χ0) is 13.4. The van der Waals surface area contributed by atoms with Gasteiger partial charge in [0.2, 0.25) is 0 Å². The molecule has 0 saturated carbocycles. The first-order valence-electron chi connectivity index (χ1n) is 6.10. The summed E-state index contributed by atoms with van der Waals surface area (Å²) in [4.78, 5) is 0. The third-order valence-electron chi connectivity index (χ3n) is 3.14. The smallest absolute Gasteiger partial charge is 0.0277 e. The van der Waals surface area contributed by atoms with Crippen molar-refractivity contribution in [2.45, 2.75) is 0 Å². The molecule has 2 aromatic heterocycles. The minimum Gasteiger partial charge on any atom is -0.0616 e. The van der Waals surface area contributed by atoms with Gasteiger partial charge in [0, 0.05) is 20.8 Å². The highest BCUT2D eigenvalue weighted by Gasteiger charge is 2.09. The van der Waals surface area contributed by atoms with Crippen LogP contribution in [-0.2, 0) is 0 Å². The quantitative estimate of drug-likeness (QED) is 0.317. The van der Waals surface area contributed by atoms with Crippen LogP contribution >= 0.6 is 46.6 Å². The Morgan fingerprint density at radius 1 is 0.500 bits per heavy atom. The molecule has 0 unspecified atom stereocenters. The molecule has 4 rings (SSSR count). The lowest BCUT2D eigenvalue weighted by atomic mass is 10.2. The van der Waals surface area contributed by atoms with Crippen LogP contribution in [-0.4, -0.2) is 0 Å². The molecule has 0 amide bonds. The molecule has 20 heavy (non-hydrogen) atoms. The molecule has 0 saturated heterocycles. The van der Waals surface area contributed by atoms with E-state index in [4.69, 9.17) is 0 Å². The molecular formula is C14H8P6. The Bertz CT molecular complexity index is 833. The van der Waals surface area contributed by atoms with E-state index in [1.54, 1.807) is 10.6 Å². The normalized spacial score (nSPS) is 13.4. The van der Waals surface area contributed by atoms with Crippen molar-refractivity contribution in [1.29, 1.82) is 0 Å². The maximum Gasteiger partial charge on any atom is 0.0277 e. The molecule has 94 valence electrons. The van der Waals surface area contributed by atoms with E-state index in [0.29, 0.717) is 0 Å². The number of hydrogen-bond acceptors (Lipinski definition) is 0. The first kappa shape index (κ1) is 13.6. The number of fused-ring (bicyclic) bond motifs is 2. The Balaban J connectivity index is 2.12. The summed E-state index contributed by atoms with van der Waals surface area (Å²) in [5.74, 6) is 0. The highest BCUT2D eigenvalue weighted by atomic mass is 32.1. The van der Waals surface area contributed by atoms with Gasteiger partial charge in [0.15, 0.2) is 0 Å². The van der Waals surface area contributed by atoms with Gasteiger partial charge in [-0.25, -0.2) is 0 Å². The van der Waals surface area contributed by atoms with Crippen LogP contribution in [0.1, 0.15) is 0 Å². The second-order valence-corrected chi connectivity index (χ2v) is 14.0. The maximum absolute atomic E-state index is 2.30. The second-order valence-electron chi connectivity index (χ2n) is 4.31. The number of benzene rings is 2. The van der Waals surface area contributed by atoms with Gasteiger partial charge in [-0.3, -0.25) is 0 Å². The second kappa shape index (κ2) is 6.00. The maximum atomic E-state index is 2.30. The van der Waals surface area contributed by atoms with Gasteiger partial charge in [0.25, 0.3) is 0 Å². The molecule has 0 aliphatic rings. The van der Waals surface area contributed by atoms with Crippen LogP contribution in [0.2, 0.25) is 0 Å². The lowest BCUT2D eigenvalue weighted by Crippen LogP contribution is -1.74. The molecular weight excluding hydrogens is 354 g/mol. The van der Waals surface area contributed by atoms with Crippen molar-refractivity contribution in [3.8, 4) is 10.6 Å². The highest BCUT2D eigenvalue weighted by molar-refractivity contribution is 8.19. The molecule has 2 aromatic carbocycles. The topological polar surface area (TPSA) is 0 Å². The van der Waals surface area contributed by atoms with Crippen LogP contribution in [0.15, 0.2) is 48.5 Å². The minimum absolute atomic E-state index is 1.45. The average Bonchev–Trinajstić information content (AvgIpc) is 2.54. The van der Waals surface area contributed by atoms with Crippen LogP contribution in [0.4, 0.5) is 0 Å². The van der Waals surface area contributed by atoms with Crippen molar-refractivity contribution in [3.05, 3.63) is 48.5 Å². The Morgan fingerprint density at radius 2 is 0.950 bits per heavy atom. The molecule has 0 radical (unpaired) electrons. The van der Waals surface area contributed by atoms with Crippen molar-refractivity contribution in [2.24, 2.45) is 0 Å². The van der Waals surface area contributed by atoms with Crippen LogP contribution < -0.4 is 0 Å². The van der Waals surface area contributed by atoms with E-state index in [9.17, 15) is 0 Å². The summed E-state index contributed by atoms with van der Waals surface area (Å²) in [7, 11) is 8.81. The van der Waals surface area contributed by atoms with Crippen molar-refractivity contribution in [1.82, 2.24) is 0 Å². The molecule has 0 bridgehead atoms. The van der Waals surface area contributed by atoms with Crippen molar-refractivity contribution < 1.29 is 0 Å². The highest BCUT2D eigenvalue weighted by Crippen LogP contribution is 2.54. The third kappa shape index (κ3) is 2.45. The first-order valence-corrected chi connectivity index (χ1v) is 14.3. The van der Waals surface area contributed by atoms with Crippen LogP contribution in [0.3, 0.4) is 0 Å². The summed E-state index contributed by atoms with van der Waals surface area (Å²) in [5.41, 5.74) is 0. The summed E-state index contributed by atoms with van der Waals surface area (Å²) in [5, 5.41) is 9.03. The van der Waals surface area contributed by atoms with Crippen molar-refractivity contribution in [2.75, 3.05) is 0 Å². The fourth-order valence-corrected chi connectivity index (χ4v) is 13.4. The third-order valence-corrected chi connectivity index (χ3v) is 13.0. The first-order chi connectivity index (χ1) is 9.93. The number of hydrogen-bond donors (Lipinski definition) is 0. The fourth-order valence-electron chi connectivity index (χ4n) is 2.21. The molecule has 0 atom stereocenters. The van der Waals surface area contributed by atoms with Gasteiger partial charge in [-0.05, 0) is 69.5 Å². The molecule has 0 aliphatic carbocycles. The molecule has 0 aliphatic heterocycles. The van der Waals surface area contributed by atoms with Gasteiger partial charge in [-0.2, -0.15) is 0 Å². The summed E-state index contributed by atoms with van der Waals surface area (Å²) >= 11 is 0. The molecule has 4 aromatic rings. The molecule has 0 nitrogen and oxygen atoms in total. The summed E-state index contributed by atoms with van der Waals surface area (Å²) in [6, 6.07) is 17.8. The summed E-state index contributed by atoms with van der Waals surface area (Å²) < 4.78 is 0. The summed E-state index contributed by atoms with van der Waals surface area (Å²) in [6.07, 6.45) is 0. The number of rotatable bonds is 1. The molecule has 0 N–H and O–H groups in total. The van der Waals surface area contributed by atoms with E-state index in [0.717, 1.165) is 0 Å². The molecule has 2 heterocycles. The SMILES string of the molecule is c1ccc2c(-c3pppc4ccccc34)pppc2c1. The van der Waals surface area contributed by atoms with E-state index in [-0.39, 0.29) is 0 Å². The van der Waals surface area contributed by atoms with Gasteiger partial charge < -0.3 is 0 Å². The lowest BCUT2D eigenvalue weighted by molar-refractivity contribution is 1.84. The van der Waals surface area contributed by atoms with Crippen LogP contribution in [0.5, 0.6) is 0 Å². The average molecular weight is 362 g/mol. The monoisotopic (exact) mass is 362 g/mol. The molecule has 0 spiro atoms. The van der Waals surface area contributed by atoms with E-state index < -0.39 is 0 Å². The Kier molecular flexibility index (Phi) is 4.09. The zero-order valence-corrected chi connectivity index (χ0v) is 15.7. The van der Waals surface area contributed by atoms with E-state index >= 15 is 0 Å². The van der Waals surface area contributed by atoms with Crippen molar-refractivity contribution in [3.63, 3.8) is 0 Å². The van der Waals surface area contributed by atoms with E-state index in [2.05, 4.69) is 48.5 Å². The van der Waals surface area contributed by atoms with Gasteiger partial charge in [-0.15, -0.1) is 0 Å². The van der Waals surface area contributed by atoms with Gasteiger partial charge in [-0.1, -0.05) is 36.4 Å². The van der Waals surface area contributed by atoms with Crippen molar-refractivity contribution >= 4 is 67.6 Å². The lowest BCUT2D eigenvalue weighted by Gasteiger charge is -2.07. The van der Waals surface area contributed by atoms with Gasteiger partial charge >= 0.3 is 0 Å². The Hall–Kier alpha value is -0.0200. The van der Waals surface area contributed by atoms with Crippen LogP contribution in [0, 0.1) is 0 Å². The van der Waals surface area contributed by atoms with Gasteiger partial charge in [0.1, 0.15) is 0 Å². The van der Waals surface area contributed by atoms with E-state index in [1.807, 2.05) is 0 Å². The van der Waals surface area contributed by atoms with Gasteiger partial charge in [0.05, 0.1) is 0 Å². The molecule has 6 heteroatoms. The predicted octanol–water partition coefficient (Wildman–Crippen LogP) is 9.14. The Morgan fingerprint density at radius 3 is 1.45 bits per heavy atom. The molecule has 0 fully saturated rings. The largest absolute Gasteiger partial charge is 0.0616 e. The standard InChI is InChI=1S/C14H8P6/c1-3-7-11-9(5-1)13(17-19-15-11)14-10-6-2-4-8-12(10)16-20-18-14/h1-8H. The predicted molar refractivity (Wildman–Crippen MR) is 102 cm³/mol. The minimum atomic E-state index is 1.45. The fraction of sp³-hybridized carbons (Fsp3) is 0. The summed E-state index contributed by atoms with van der Waals surface area (Å²) in [6.45, 7) is 0. The zero-order valence-electron chi connectivity index (χ0n) is 10.3. The van der Waals surface area contributed by atoms with Crippen LogP contribution in [0.25, 0.3) is 31.6 Å². The Labute approximate surface area is 126 Å². The van der Waals surface area contributed by atoms with E-state index in [1.165, 1.54) is 67.6 Å².